The number of carbonyl (C=O) groups excluding carboxylic acids is 1. The van der Waals surface area contributed by atoms with Crippen molar-refractivity contribution in [3.63, 3.8) is 0 Å². The molecule has 0 amide bonds. The Morgan fingerprint density at radius 2 is 2.00 bits per heavy atom. The molecular formula is C9H15ClO3. The summed E-state index contributed by atoms with van der Waals surface area (Å²) in [5.74, 6) is 0. The third-order valence-electron chi connectivity index (χ3n) is 2.07. The lowest BCUT2D eigenvalue weighted by molar-refractivity contribution is 0.00734. The zero-order chi connectivity index (χ0) is 9.68. The topological polar surface area (TPSA) is 35.5 Å². The number of hydrogen-bond acceptors (Lipinski definition) is 3. The maximum absolute atomic E-state index is 11.0. The molecule has 0 bridgehead atoms. The average Bonchev–Trinajstić information content (AvgIpc) is 2.04. The van der Waals surface area contributed by atoms with E-state index in [1.165, 1.54) is 6.42 Å². The van der Waals surface area contributed by atoms with Crippen LogP contribution in [0.1, 0.15) is 39.0 Å². The van der Waals surface area contributed by atoms with Crippen LogP contribution in [-0.4, -0.2) is 17.8 Å². The summed E-state index contributed by atoms with van der Waals surface area (Å²) in [5, 5.41) is 0. The van der Waals surface area contributed by atoms with Crippen molar-refractivity contribution in [2.24, 2.45) is 0 Å². The number of rotatable bonds is 2. The van der Waals surface area contributed by atoms with Gasteiger partial charge in [0.05, 0.1) is 0 Å². The van der Waals surface area contributed by atoms with Crippen molar-refractivity contribution in [2.75, 3.05) is 0 Å². The zero-order valence-electron chi connectivity index (χ0n) is 7.79. The normalized spacial score (nSPS) is 20.8. The summed E-state index contributed by atoms with van der Waals surface area (Å²) in [4.78, 5) is 11.0. The standard InChI is InChI=1S/C9H15ClO3/c1-7(10)12-9(11)13-8-5-3-2-4-6-8/h7-8H,2-6H2,1H3/t7-/m1/s1. The van der Waals surface area contributed by atoms with Crippen LogP contribution in [0.3, 0.4) is 0 Å². The van der Waals surface area contributed by atoms with Gasteiger partial charge in [-0.3, -0.25) is 0 Å². The van der Waals surface area contributed by atoms with Gasteiger partial charge in [0, 0.05) is 0 Å². The highest BCUT2D eigenvalue weighted by molar-refractivity contribution is 6.19. The SMILES string of the molecule is C[C@H](Cl)OC(=O)OC1CCCCC1. The molecule has 1 fully saturated rings. The molecular weight excluding hydrogens is 192 g/mol. The van der Waals surface area contributed by atoms with Crippen LogP contribution in [-0.2, 0) is 9.47 Å². The molecule has 0 radical (unpaired) electrons. The molecule has 0 aliphatic heterocycles. The number of ether oxygens (including phenoxy) is 2. The van der Waals surface area contributed by atoms with Crippen molar-refractivity contribution in [1.29, 1.82) is 0 Å². The van der Waals surface area contributed by atoms with Gasteiger partial charge in [-0.2, -0.15) is 0 Å². The van der Waals surface area contributed by atoms with Gasteiger partial charge < -0.3 is 9.47 Å². The van der Waals surface area contributed by atoms with Crippen molar-refractivity contribution in [2.45, 2.75) is 50.7 Å². The molecule has 13 heavy (non-hydrogen) atoms. The molecule has 0 spiro atoms. The lowest BCUT2D eigenvalue weighted by Crippen LogP contribution is -2.22. The van der Waals surface area contributed by atoms with E-state index in [9.17, 15) is 4.79 Å². The first kappa shape index (κ1) is 10.6. The highest BCUT2D eigenvalue weighted by atomic mass is 35.5. The van der Waals surface area contributed by atoms with E-state index in [1.54, 1.807) is 6.92 Å². The van der Waals surface area contributed by atoms with Crippen LogP contribution in [0.25, 0.3) is 0 Å². The third kappa shape index (κ3) is 4.36. The first-order valence-electron chi connectivity index (χ1n) is 4.70. The number of halogens is 1. The van der Waals surface area contributed by atoms with Gasteiger partial charge >= 0.3 is 6.16 Å². The summed E-state index contributed by atoms with van der Waals surface area (Å²) in [7, 11) is 0. The highest BCUT2D eigenvalue weighted by Gasteiger charge is 2.19. The molecule has 1 aliphatic carbocycles. The monoisotopic (exact) mass is 206 g/mol. The Morgan fingerprint density at radius 1 is 1.38 bits per heavy atom. The molecule has 0 aromatic carbocycles. The smallest absolute Gasteiger partial charge is 0.431 e. The minimum absolute atomic E-state index is 0.0386. The van der Waals surface area contributed by atoms with E-state index in [0.29, 0.717) is 0 Å². The Hall–Kier alpha value is -0.440. The molecule has 0 aromatic heterocycles. The summed E-state index contributed by atoms with van der Waals surface area (Å²) in [6, 6.07) is 0. The van der Waals surface area contributed by atoms with Crippen LogP contribution in [0, 0.1) is 0 Å². The molecule has 0 saturated heterocycles. The molecule has 1 rings (SSSR count). The average molecular weight is 207 g/mol. The van der Waals surface area contributed by atoms with Crippen molar-refractivity contribution in [3.8, 4) is 0 Å². The van der Waals surface area contributed by atoms with E-state index >= 15 is 0 Å². The van der Waals surface area contributed by atoms with Gasteiger partial charge in [-0.1, -0.05) is 18.0 Å². The lowest BCUT2D eigenvalue weighted by atomic mass is 9.98. The maximum atomic E-state index is 11.0. The predicted molar refractivity (Wildman–Crippen MR) is 49.8 cm³/mol. The van der Waals surface area contributed by atoms with Crippen LogP contribution in [0.2, 0.25) is 0 Å². The molecule has 0 unspecified atom stereocenters. The molecule has 1 saturated carbocycles. The van der Waals surface area contributed by atoms with E-state index in [4.69, 9.17) is 16.3 Å². The van der Waals surface area contributed by atoms with Gasteiger partial charge in [0.15, 0.2) is 5.56 Å². The molecule has 0 aromatic rings. The summed E-state index contributed by atoms with van der Waals surface area (Å²) < 4.78 is 9.71. The van der Waals surface area contributed by atoms with Crippen LogP contribution >= 0.6 is 11.6 Å². The van der Waals surface area contributed by atoms with E-state index in [-0.39, 0.29) is 6.10 Å². The summed E-state index contributed by atoms with van der Waals surface area (Å²) in [5.41, 5.74) is -0.615. The van der Waals surface area contributed by atoms with Crippen LogP contribution in [0.4, 0.5) is 4.79 Å². The summed E-state index contributed by atoms with van der Waals surface area (Å²) >= 11 is 5.47. The second kappa shape index (κ2) is 5.32. The maximum Gasteiger partial charge on any atom is 0.510 e. The van der Waals surface area contributed by atoms with Gasteiger partial charge in [-0.25, -0.2) is 4.79 Å². The highest BCUT2D eigenvalue weighted by Crippen LogP contribution is 2.20. The molecule has 1 atom stereocenters. The second-order valence-electron chi connectivity index (χ2n) is 3.29. The van der Waals surface area contributed by atoms with Gasteiger partial charge in [0.25, 0.3) is 0 Å². The summed E-state index contributed by atoms with van der Waals surface area (Å²) in [6.07, 6.45) is 4.80. The van der Waals surface area contributed by atoms with Crippen LogP contribution < -0.4 is 0 Å². The first-order valence-corrected chi connectivity index (χ1v) is 5.13. The van der Waals surface area contributed by atoms with Crippen LogP contribution in [0.15, 0.2) is 0 Å². The predicted octanol–water partition coefficient (Wildman–Crippen LogP) is 3.06. The number of alkyl halides is 1. The Labute approximate surface area is 83.3 Å². The second-order valence-corrected chi connectivity index (χ2v) is 3.90. The van der Waals surface area contributed by atoms with Crippen LogP contribution in [0.5, 0.6) is 0 Å². The fourth-order valence-corrected chi connectivity index (χ4v) is 1.55. The van der Waals surface area contributed by atoms with Gasteiger partial charge in [-0.15, -0.1) is 0 Å². The molecule has 4 heteroatoms. The van der Waals surface area contributed by atoms with Crippen molar-refractivity contribution < 1.29 is 14.3 Å². The molecule has 76 valence electrons. The molecule has 1 aliphatic rings. The van der Waals surface area contributed by atoms with Gasteiger partial charge in [0.2, 0.25) is 0 Å². The van der Waals surface area contributed by atoms with E-state index in [1.807, 2.05) is 0 Å². The number of carbonyl (C=O) groups is 1. The fourth-order valence-electron chi connectivity index (χ4n) is 1.48. The minimum atomic E-state index is -0.644. The first-order chi connectivity index (χ1) is 6.18. The minimum Gasteiger partial charge on any atom is -0.431 e. The molecule has 0 heterocycles. The van der Waals surface area contributed by atoms with E-state index in [0.717, 1.165) is 25.7 Å². The largest absolute Gasteiger partial charge is 0.510 e. The summed E-state index contributed by atoms with van der Waals surface area (Å²) in [6.45, 7) is 1.59. The number of hydrogen-bond donors (Lipinski definition) is 0. The quantitative estimate of drug-likeness (QED) is 0.515. The Bertz CT molecular complexity index is 164. The van der Waals surface area contributed by atoms with E-state index < -0.39 is 11.7 Å². The van der Waals surface area contributed by atoms with Crippen molar-refractivity contribution >= 4 is 17.8 Å². The third-order valence-corrected chi connectivity index (χ3v) is 2.16. The Balaban J connectivity index is 2.18. The van der Waals surface area contributed by atoms with Gasteiger partial charge in [0.1, 0.15) is 6.10 Å². The lowest BCUT2D eigenvalue weighted by Gasteiger charge is -2.21. The molecule has 3 nitrogen and oxygen atoms in total. The zero-order valence-corrected chi connectivity index (χ0v) is 8.55. The van der Waals surface area contributed by atoms with Crippen molar-refractivity contribution in [1.82, 2.24) is 0 Å². The molecule has 0 N–H and O–H groups in total. The Morgan fingerprint density at radius 3 is 2.54 bits per heavy atom. The van der Waals surface area contributed by atoms with E-state index in [2.05, 4.69) is 4.74 Å². The Kier molecular flexibility index (Phi) is 4.36. The fraction of sp³-hybridized carbons (Fsp3) is 0.889. The van der Waals surface area contributed by atoms with Gasteiger partial charge in [-0.05, 0) is 32.6 Å². The van der Waals surface area contributed by atoms with Crippen molar-refractivity contribution in [3.05, 3.63) is 0 Å².